The van der Waals surface area contributed by atoms with Crippen LogP contribution in [0, 0.1) is 0 Å². The van der Waals surface area contributed by atoms with Gasteiger partial charge in [-0.05, 0) is 6.07 Å². The predicted octanol–water partition coefficient (Wildman–Crippen LogP) is 1.13. The number of carbonyl (C=O) groups is 1. The van der Waals surface area contributed by atoms with E-state index in [0.29, 0.717) is 0 Å². The summed E-state index contributed by atoms with van der Waals surface area (Å²) in [5, 5.41) is 13.1. The van der Waals surface area contributed by atoms with Gasteiger partial charge in [-0.1, -0.05) is 0 Å². The summed E-state index contributed by atoms with van der Waals surface area (Å²) in [7, 11) is 0. The zero-order valence-corrected chi connectivity index (χ0v) is 11.1. The molecule has 1 aliphatic heterocycles. The minimum Gasteiger partial charge on any atom is -0.481 e. The van der Waals surface area contributed by atoms with Crippen LogP contribution in [0.3, 0.4) is 0 Å². The molecule has 0 aromatic carbocycles. The van der Waals surface area contributed by atoms with E-state index < -0.39 is 5.97 Å². The van der Waals surface area contributed by atoms with Gasteiger partial charge in [-0.15, -0.1) is 0 Å². The second-order valence-electron chi connectivity index (χ2n) is 4.44. The Morgan fingerprint density at radius 2 is 2.42 bits per heavy atom. The molecule has 0 bridgehead atoms. The first-order valence-corrected chi connectivity index (χ1v) is 7.26. The van der Waals surface area contributed by atoms with Gasteiger partial charge in [0.1, 0.15) is 5.82 Å². The van der Waals surface area contributed by atoms with Gasteiger partial charge in [0, 0.05) is 36.4 Å². The van der Waals surface area contributed by atoms with Gasteiger partial charge in [0.25, 0.3) is 0 Å². The van der Waals surface area contributed by atoms with Gasteiger partial charge < -0.3 is 10.0 Å². The Labute approximate surface area is 114 Å². The van der Waals surface area contributed by atoms with Gasteiger partial charge in [0.05, 0.1) is 12.6 Å². The molecule has 6 nitrogen and oxygen atoms in total. The van der Waals surface area contributed by atoms with Crippen LogP contribution in [0.1, 0.15) is 6.42 Å². The fraction of sp³-hybridized carbons (Fsp3) is 0.417. The van der Waals surface area contributed by atoms with Gasteiger partial charge in [-0.2, -0.15) is 16.9 Å². The summed E-state index contributed by atoms with van der Waals surface area (Å²) in [6.45, 7) is 0.833. The normalized spacial score (nSPS) is 19.8. The van der Waals surface area contributed by atoms with E-state index in [0.717, 1.165) is 29.5 Å². The number of aromatic nitrogens is 3. The molecule has 1 aliphatic rings. The van der Waals surface area contributed by atoms with Crippen LogP contribution in [0.25, 0.3) is 5.65 Å². The number of nitrogens with zero attached hydrogens (tertiary/aromatic N) is 4. The lowest BCUT2D eigenvalue weighted by Crippen LogP contribution is -2.44. The number of aliphatic carboxylic acids is 1. The first-order valence-electron chi connectivity index (χ1n) is 6.10. The molecule has 0 aliphatic carbocycles. The van der Waals surface area contributed by atoms with E-state index >= 15 is 0 Å². The number of hydrogen-bond donors (Lipinski definition) is 1. The Hall–Kier alpha value is -1.76. The molecule has 0 saturated carbocycles. The SMILES string of the molecule is O=C(O)CC1CSCCN1c1ccn2nccc2n1. The Morgan fingerprint density at radius 1 is 1.53 bits per heavy atom. The molecule has 1 N–H and O–H groups in total. The third kappa shape index (κ3) is 2.51. The van der Waals surface area contributed by atoms with E-state index in [-0.39, 0.29) is 12.5 Å². The molecule has 2 aromatic rings. The van der Waals surface area contributed by atoms with Crippen LogP contribution in [0.5, 0.6) is 0 Å². The fourth-order valence-electron chi connectivity index (χ4n) is 2.29. The van der Waals surface area contributed by atoms with Crippen LogP contribution in [0.4, 0.5) is 5.82 Å². The van der Waals surface area contributed by atoms with Gasteiger partial charge in [-0.25, -0.2) is 9.50 Å². The third-order valence-electron chi connectivity index (χ3n) is 3.18. The highest BCUT2D eigenvalue weighted by Gasteiger charge is 2.26. The topological polar surface area (TPSA) is 70.7 Å². The number of carboxylic acid groups (broad SMARTS) is 1. The molecule has 3 heterocycles. The molecule has 0 spiro atoms. The molecule has 1 unspecified atom stereocenters. The van der Waals surface area contributed by atoms with E-state index in [2.05, 4.69) is 15.0 Å². The van der Waals surface area contributed by atoms with Crippen molar-refractivity contribution in [1.82, 2.24) is 14.6 Å². The second-order valence-corrected chi connectivity index (χ2v) is 5.59. The lowest BCUT2D eigenvalue weighted by atomic mass is 10.2. The van der Waals surface area contributed by atoms with Gasteiger partial charge in [-0.3, -0.25) is 4.79 Å². The van der Waals surface area contributed by atoms with Crippen molar-refractivity contribution in [3.8, 4) is 0 Å². The molecule has 19 heavy (non-hydrogen) atoms. The van der Waals surface area contributed by atoms with E-state index in [1.54, 1.807) is 22.5 Å². The Morgan fingerprint density at radius 3 is 3.26 bits per heavy atom. The van der Waals surface area contributed by atoms with Crippen LogP contribution < -0.4 is 4.90 Å². The average Bonchev–Trinajstić information content (AvgIpc) is 2.86. The number of rotatable bonds is 3. The van der Waals surface area contributed by atoms with Crippen LogP contribution in [0.15, 0.2) is 24.5 Å². The predicted molar refractivity (Wildman–Crippen MR) is 73.7 cm³/mol. The van der Waals surface area contributed by atoms with E-state index in [4.69, 9.17) is 5.11 Å². The van der Waals surface area contributed by atoms with Crippen molar-refractivity contribution in [1.29, 1.82) is 0 Å². The summed E-state index contributed by atoms with van der Waals surface area (Å²) in [5.41, 5.74) is 0.782. The number of anilines is 1. The molecule has 1 saturated heterocycles. The summed E-state index contributed by atoms with van der Waals surface area (Å²) < 4.78 is 1.70. The van der Waals surface area contributed by atoms with Gasteiger partial charge in [0.15, 0.2) is 5.65 Å². The summed E-state index contributed by atoms with van der Waals surface area (Å²) in [5.74, 6) is 1.91. The standard InChI is InChI=1S/C12H14N4O2S/c17-12(18)7-9-8-19-6-5-15(9)10-2-4-16-11(14-10)1-3-13-16/h1-4,9H,5-8H2,(H,17,18). The molecule has 100 valence electrons. The molecule has 3 rings (SSSR count). The second kappa shape index (κ2) is 5.08. The van der Waals surface area contributed by atoms with Crippen molar-refractivity contribution in [2.75, 3.05) is 23.0 Å². The van der Waals surface area contributed by atoms with E-state index in [9.17, 15) is 4.79 Å². The van der Waals surface area contributed by atoms with E-state index in [1.165, 1.54) is 0 Å². The molecule has 0 radical (unpaired) electrons. The molecule has 0 amide bonds. The Kier molecular flexibility index (Phi) is 3.29. The fourth-order valence-corrected chi connectivity index (χ4v) is 3.35. The first-order chi connectivity index (χ1) is 9.24. The lowest BCUT2D eigenvalue weighted by Gasteiger charge is -2.35. The zero-order chi connectivity index (χ0) is 13.2. The number of hydrogen-bond acceptors (Lipinski definition) is 5. The number of thioether (sulfide) groups is 1. The maximum Gasteiger partial charge on any atom is 0.305 e. The van der Waals surface area contributed by atoms with Crippen molar-refractivity contribution in [2.24, 2.45) is 0 Å². The third-order valence-corrected chi connectivity index (χ3v) is 4.27. The molecule has 7 heteroatoms. The number of fused-ring (bicyclic) bond motifs is 1. The van der Waals surface area contributed by atoms with Crippen LogP contribution in [-0.2, 0) is 4.79 Å². The average molecular weight is 278 g/mol. The quantitative estimate of drug-likeness (QED) is 0.907. The summed E-state index contributed by atoms with van der Waals surface area (Å²) in [6.07, 6.45) is 3.71. The maximum atomic E-state index is 10.9. The Balaban J connectivity index is 1.90. The summed E-state index contributed by atoms with van der Waals surface area (Å²) in [4.78, 5) is 17.6. The molecule has 1 fully saturated rings. The molecular weight excluding hydrogens is 264 g/mol. The zero-order valence-electron chi connectivity index (χ0n) is 10.3. The van der Waals surface area contributed by atoms with Gasteiger partial charge in [0.2, 0.25) is 0 Å². The molecular formula is C12H14N4O2S. The largest absolute Gasteiger partial charge is 0.481 e. The lowest BCUT2D eigenvalue weighted by molar-refractivity contribution is -0.137. The van der Waals surface area contributed by atoms with Crippen LogP contribution in [0.2, 0.25) is 0 Å². The minimum atomic E-state index is -0.761. The van der Waals surface area contributed by atoms with E-state index in [1.807, 2.05) is 18.3 Å². The minimum absolute atomic E-state index is 0.00845. The van der Waals surface area contributed by atoms with Crippen molar-refractivity contribution in [2.45, 2.75) is 12.5 Å². The number of carboxylic acids is 1. The van der Waals surface area contributed by atoms with Crippen molar-refractivity contribution >= 4 is 29.2 Å². The summed E-state index contributed by atoms with van der Waals surface area (Å²) in [6, 6.07) is 3.74. The maximum absolute atomic E-state index is 10.9. The summed E-state index contributed by atoms with van der Waals surface area (Å²) >= 11 is 1.80. The van der Waals surface area contributed by atoms with Crippen molar-refractivity contribution < 1.29 is 9.90 Å². The molecule has 1 atom stereocenters. The highest BCUT2D eigenvalue weighted by atomic mass is 32.2. The van der Waals surface area contributed by atoms with Crippen LogP contribution in [-0.4, -0.2) is 49.8 Å². The monoisotopic (exact) mass is 278 g/mol. The smallest absolute Gasteiger partial charge is 0.305 e. The van der Waals surface area contributed by atoms with Crippen molar-refractivity contribution in [3.63, 3.8) is 0 Å². The highest BCUT2D eigenvalue weighted by molar-refractivity contribution is 7.99. The molecule has 2 aromatic heterocycles. The Bertz CT molecular complexity index is 600. The first kappa shape index (κ1) is 12.3. The highest BCUT2D eigenvalue weighted by Crippen LogP contribution is 2.24. The van der Waals surface area contributed by atoms with Crippen molar-refractivity contribution in [3.05, 3.63) is 24.5 Å². The van der Waals surface area contributed by atoms with Gasteiger partial charge >= 0.3 is 5.97 Å². The van der Waals surface area contributed by atoms with Crippen LogP contribution >= 0.6 is 11.8 Å².